The van der Waals surface area contributed by atoms with Crippen LogP contribution < -0.4 is 10.6 Å². The molecule has 0 spiro atoms. The van der Waals surface area contributed by atoms with Crippen LogP contribution in [0.25, 0.3) is 0 Å². The molecule has 0 aliphatic rings. The number of hydrogen-bond donors (Lipinski definition) is 2. The summed E-state index contributed by atoms with van der Waals surface area (Å²) in [5.74, 6) is -0.0592. The largest absolute Gasteiger partial charge is 0.352 e. The van der Waals surface area contributed by atoms with Crippen LogP contribution in [0, 0.1) is 6.92 Å². The fourth-order valence-electron chi connectivity index (χ4n) is 1.42. The van der Waals surface area contributed by atoms with Gasteiger partial charge in [-0.15, -0.1) is 0 Å². The molecule has 0 aromatic heterocycles. The molecule has 2 N–H and O–H groups in total. The highest BCUT2D eigenvalue weighted by Gasteiger charge is 2.09. The van der Waals surface area contributed by atoms with Gasteiger partial charge in [0.05, 0.1) is 0 Å². The van der Waals surface area contributed by atoms with Crippen LogP contribution in [0.2, 0.25) is 5.02 Å². The lowest BCUT2D eigenvalue weighted by Crippen LogP contribution is -2.27. The molecule has 16 heavy (non-hydrogen) atoms. The quantitative estimate of drug-likeness (QED) is 0.773. The Hall–Kier alpha value is -1.06. The van der Waals surface area contributed by atoms with E-state index in [4.69, 9.17) is 11.6 Å². The van der Waals surface area contributed by atoms with Crippen molar-refractivity contribution in [1.82, 2.24) is 10.6 Å². The van der Waals surface area contributed by atoms with E-state index < -0.39 is 0 Å². The van der Waals surface area contributed by atoms with E-state index >= 15 is 0 Å². The molecule has 4 heteroatoms. The van der Waals surface area contributed by atoms with E-state index in [-0.39, 0.29) is 5.91 Å². The minimum Gasteiger partial charge on any atom is -0.352 e. The average Bonchev–Trinajstić information content (AvgIpc) is 2.28. The highest BCUT2D eigenvalue weighted by Crippen LogP contribution is 2.18. The standard InChI is InChI=1S/C12H17ClN2O/c1-9-10(5-3-6-11(9)13)12(16)15-8-4-7-14-2/h3,5-6,14H,4,7-8H2,1-2H3,(H,15,16). The van der Waals surface area contributed by atoms with Crippen molar-refractivity contribution in [2.24, 2.45) is 0 Å². The first kappa shape index (κ1) is 13.0. The van der Waals surface area contributed by atoms with Crippen LogP contribution in [-0.4, -0.2) is 26.0 Å². The van der Waals surface area contributed by atoms with Crippen LogP contribution in [0.3, 0.4) is 0 Å². The zero-order chi connectivity index (χ0) is 12.0. The third-order valence-corrected chi connectivity index (χ3v) is 2.81. The molecular weight excluding hydrogens is 224 g/mol. The zero-order valence-electron chi connectivity index (χ0n) is 9.64. The first-order valence-electron chi connectivity index (χ1n) is 5.34. The van der Waals surface area contributed by atoms with Crippen molar-refractivity contribution in [3.05, 3.63) is 34.3 Å². The van der Waals surface area contributed by atoms with Crippen molar-refractivity contribution in [3.63, 3.8) is 0 Å². The summed E-state index contributed by atoms with van der Waals surface area (Å²) in [5, 5.41) is 6.52. The van der Waals surface area contributed by atoms with Gasteiger partial charge in [0.1, 0.15) is 0 Å². The molecule has 1 aromatic carbocycles. The number of carbonyl (C=O) groups is 1. The van der Waals surface area contributed by atoms with E-state index in [1.165, 1.54) is 0 Å². The molecule has 3 nitrogen and oxygen atoms in total. The summed E-state index contributed by atoms with van der Waals surface area (Å²) in [6.45, 7) is 3.42. The van der Waals surface area contributed by atoms with Crippen molar-refractivity contribution in [3.8, 4) is 0 Å². The summed E-state index contributed by atoms with van der Waals surface area (Å²) < 4.78 is 0. The van der Waals surface area contributed by atoms with Gasteiger partial charge in [-0.1, -0.05) is 17.7 Å². The maximum Gasteiger partial charge on any atom is 0.251 e. The molecule has 0 saturated heterocycles. The lowest BCUT2D eigenvalue weighted by Gasteiger charge is -2.08. The lowest BCUT2D eigenvalue weighted by molar-refractivity contribution is 0.0952. The van der Waals surface area contributed by atoms with Crippen molar-refractivity contribution in [2.45, 2.75) is 13.3 Å². The number of amides is 1. The predicted octanol–water partition coefficient (Wildman–Crippen LogP) is 1.99. The van der Waals surface area contributed by atoms with E-state index in [9.17, 15) is 4.79 Å². The summed E-state index contributed by atoms with van der Waals surface area (Å²) in [5.41, 5.74) is 1.48. The number of nitrogens with one attached hydrogen (secondary N) is 2. The molecule has 0 fully saturated rings. The minimum atomic E-state index is -0.0592. The fourth-order valence-corrected chi connectivity index (χ4v) is 1.59. The number of rotatable bonds is 5. The van der Waals surface area contributed by atoms with Gasteiger partial charge in [-0.25, -0.2) is 0 Å². The van der Waals surface area contributed by atoms with Gasteiger partial charge in [-0.3, -0.25) is 4.79 Å². The maximum absolute atomic E-state index is 11.8. The second-order valence-electron chi connectivity index (χ2n) is 3.63. The van der Waals surface area contributed by atoms with E-state index in [0.29, 0.717) is 17.1 Å². The third-order valence-electron chi connectivity index (χ3n) is 2.40. The fraction of sp³-hybridized carbons (Fsp3) is 0.417. The Labute approximate surface area is 101 Å². The van der Waals surface area contributed by atoms with Crippen molar-refractivity contribution in [1.29, 1.82) is 0 Å². The Morgan fingerprint density at radius 1 is 1.38 bits per heavy atom. The summed E-state index contributed by atoms with van der Waals surface area (Å²) in [6.07, 6.45) is 0.919. The smallest absolute Gasteiger partial charge is 0.251 e. The number of carbonyl (C=O) groups excluding carboxylic acids is 1. The summed E-state index contributed by atoms with van der Waals surface area (Å²) in [6, 6.07) is 5.36. The molecule has 0 heterocycles. The highest BCUT2D eigenvalue weighted by molar-refractivity contribution is 6.31. The Bertz CT molecular complexity index is 366. The van der Waals surface area contributed by atoms with Gasteiger partial charge in [0.2, 0.25) is 0 Å². The third kappa shape index (κ3) is 3.51. The normalized spacial score (nSPS) is 10.2. The predicted molar refractivity (Wildman–Crippen MR) is 67.1 cm³/mol. The van der Waals surface area contributed by atoms with Crippen LogP contribution in [-0.2, 0) is 0 Å². The number of halogens is 1. The van der Waals surface area contributed by atoms with E-state index in [2.05, 4.69) is 10.6 Å². The average molecular weight is 241 g/mol. The van der Waals surface area contributed by atoms with E-state index in [1.807, 2.05) is 14.0 Å². The van der Waals surface area contributed by atoms with Gasteiger partial charge in [0, 0.05) is 17.1 Å². The molecule has 0 aliphatic heterocycles. The molecule has 0 radical (unpaired) electrons. The lowest BCUT2D eigenvalue weighted by atomic mass is 10.1. The Kier molecular flexibility index (Phi) is 5.29. The number of hydrogen-bond acceptors (Lipinski definition) is 2. The van der Waals surface area contributed by atoms with Crippen molar-refractivity contribution < 1.29 is 4.79 Å². The summed E-state index contributed by atoms with van der Waals surface area (Å²) in [4.78, 5) is 11.8. The first-order chi connectivity index (χ1) is 7.66. The molecule has 0 unspecified atom stereocenters. The van der Waals surface area contributed by atoms with Gasteiger partial charge in [0.15, 0.2) is 0 Å². The van der Waals surface area contributed by atoms with Gasteiger partial charge < -0.3 is 10.6 Å². The van der Waals surface area contributed by atoms with Crippen LogP contribution in [0.1, 0.15) is 22.3 Å². The van der Waals surface area contributed by atoms with Gasteiger partial charge >= 0.3 is 0 Å². The Balaban J connectivity index is 2.56. The SMILES string of the molecule is CNCCCNC(=O)c1cccc(Cl)c1C. The summed E-state index contributed by atoms with van der Waals surface area (Å²) >= 11 is 5.95. The number of benzene rings is 1. The zero-order valence-corrected chi connectivity index (χ0v) is 10.4. The minimum absolute atomic E-state index is 0.0592. The second-order valence-corrected chi connectivity index (χ2v) is 4.03. The van der Waals surface area contributed by atoms with Crippen LogP contribution in [0.15, 0.2) is 18.2 Å². The molecule has 1 amide bonds. The molecule has 88 valence electrons. The molecule has 0 atom stereocenters. The molecule has 0 aliphatic carbocycles. The highest BCUT2D eigenvalue weighted by atomic mass is 35.5. The van der Waals surface area contributed by atoms with Gasteiger partial charge in [-0.05, 0) is 44.6 Å². The second kappa shape index (κ2) is 6.51. The maximum atomic E-state index is 11.8. The van der Waals surface area contributed by atoms with Crippen molar-refractivity contribution in [2.75, 3.05) is 20.1 Å². The molecule has 0 bridgehead atoms. The molecular formula is C12H17ClN2O. The van der Waals surface area contributed by atoms with Crippen LogP contribution >= 0.6 is 11.6 Å². The topological polar surface area (TPSA) is 41.1 Å². The monoisotopic (exact) mass is 240 g/mol. The van der Waals surface area contributed by atoms with E-state index in [0.717, 1.165) is 18.5 Å². The van der Waals surface area contributed by atoms with Crippen LogP contribution in [0.5, 0.6) is 0 Å². The Morgan fingerprint density at radius 2 is 2.12 bits per heavy atom. The van der Waals surface area contributed by atoms with Gasteiger partial charge in [-0.2, -0.15) is 0 Å². The molecule has 1 rings (SSSR count). The Morgan fingerprint density at radius 3 is 2.81 bits per heavy atom. The summed E-state index contributed by atoms with van der Waals surface area (Å²) in [7, 11) is 1.89. The molecule has 0 saturated carbocycles. The van der Waals surface area contributed by atoms with Crippen LogP contribution in [0.4, 0.5) is 0 Å². The molecule has 1 aromatic rings. The van der Waals surface area contributed by atoms with Crippen molar-refractivity contribution >= 4 is 17.5 Å². The van der Waals surface area contributed by atoms with Gasteiger partial charge in [0.25, 0.3) is 5.91 Å². The first-order valence-corrected chi connectivity index (χ1v) is 5.72. The van der Waals surface area contributed by atoms with E-state index in [1.54, 1.807) is 18.2 Å².